The van der Waals surface area contributed by atoms with Crippen molar-refractivity contribution in [3.8, 4) is 16.9 Å². The summed E-state index contributed by atoms with van der Waals surface area (Å²) in [5.74, 6) is -0.322. The summed E-state index contributed by atoms with van der Waals surface area (Å²) in [7, 11) is 4.07. The molecule has 1 aliphatic heterocycles. The number of nitrogens with zero attached hydrogens (tertiary/aromatic N) is 2. The molecule has 0 atom stereocenters. The van der Waals surface area contributed by atoms with Gasteiger partial charge >= 0.3 is 6.36 Å². The predicted molar refractivity (Wildman–Crippen MR) is 125 cm³/mol. The topological polar surface area (TPSA) is 32.8 Å². The van der Waals surface area contributed by atoms with E-state index in [1.165, 1.54) is 17.7 Å². The lowest BCUT2D eigenvalue weighted by molar-refractivity contribution is -0.274. The molecule has 3 aromatic carbocycles. The van der Waals surface area contributed by atoms with Crippen LogP contribution in [-0.2, 0) is 26.1 Å². The highest BCUT2D eigenvalue weighted by Crippen LogP contribution is 2.33. The molecule has 0 N–H and O–H groups in total. The molecule has 3 aromatic rings. The van der Waals surface area contributed by atoms with Gasteiger partial charge in [0.25, 0.3) is 5.91 Å². The highest BCUT2D eigenvalue weighted by atomic mass is 19.4. The second kappa shape index (κ2) is 9.50. The minimum Gasteiger partial charge on any atom is -0.406 e. The molecular formula is C27H27F3N2O2. The fourth-order valence-electron chi connectivity index (χ4n) is 4.36. The molecule has 34 heavy (non-hydrogen) atoms. The number of hydrogen-bond donors (Lipinski definition) is 0. The summed E-state index contributed by atoms with van der Waals surface area (Å²) in [5.41, 5.74) is 6.89. The third-order valence-electron chi connectivity index (χ3n) is 5.86. The van der Waals surface area contributed by atoms with Gasteiger partial charge in [0.1, 0.15) is 5.75 Å². The Kier molecular flexibility index (Phi) is 6.66. The molecule has 178 valence electrons. The number of ether oxygens (including phenoxy) is 1. The van der Waals surface area contributed by atoms with Crippen molar-refractivity contribution < 1.29 is 22.7 Å². The van der Waals surface area contributed by atoms with Crippen LogP contribution in [0.25, 0.3) is 11.1 Å². The molecule has 4 rings (SSSR count). The number of aryl methyl sites for hydroxylation is 1. The van der Waals surface area contributed by atoms with Crippen LogP contribution in [0.15, 0.2) is 60.7 Å². The number of carbonyl (C=O) groups excluding carboxylic acids is 1. The van der Waals surface area contributed by atoms with Crippen molar-refractivity contribution in [3.05, 3.63) is 88.5 Å². The van der Waals surface area contributed by atoms with Gasteiger partial charge in [-0.3, -0.25) is 4.79 Å². The monoisotopic (exact) mass is 468 g/mol. The van der Waals surface area contributed by atoms with Crippen LogP contribution in [-0.4, -0.2) is 36.2 Å². The fraction of sp³-hybridized carbons (Fsp3) is 0.296. The highest BCUT2D eigenvalue weighted by molar-refractivity contribution is 6.00. The van der Waals surface area contributed by atoms with Gasteiger partial charge < -0.3 is 14.5 Å². The lowest BCUT2D eigenvalue weighted by Crippen LogP contribution is -2.23. The van der Waals surface area contributed by atoms with Crippen LogP contribution >= 0.6 is 0 Å². The first-order chi connectivity index (χ1) is 16.1. The standard InChI is InChI=1S/C27H27F3N2O2/c1-4-20-13-22(21-9-5-18(6-10-21)15-31(2)3)14-23-17-32(26(33)25(20)23)16-19-7-11-24(12-8-19)34-27(28,29)30/h5-14H,4,15-17H2,1-3H3. The molecule has 1 heterocycles. The van der Waals surface area contributed by atoms with Crippen LogP contribution < -0.4 is 4.74 Å². The van der Waals surface area contributed by atoms with Crippen LogP contribution in [0.5, 0.6) is 5.75 Å². The lowest BCUT2D eigenvalue weighted by Gasteiger charge is -2.16. The number of halogens is 3. The van der Waals surface area contributed by atoms with E-state index >= 15 is 0 Å². The van der Waals surface area contributed by atoms with E-state index in [1.54, 1.807) is 17.0 Å². The van der Waals surface area contributed by atoms with Gasteiger partial charge in [0.05, 0.1) is 0 Å². The number of fused-ring (bicyclic) bond motifs is 1. The zero-order valence-corrected chi connectivity index (χ0v) is 19.4. The number of carbonyl (C=O) groups is 1. The Morgan fingerprint density at radius 2 is 1.59 bits per heavy atom. The molecule has 0 spiro atoms. The van der Waals surface area contributed by atoms with Crippen molar-refractivity contribution in [2.75, 3.05) is 14.1 Å². The van der Waals surface area contributed by atoms with Crippen molar-refractivity contribution in [1.82, 2.24) is 9.80 Å². The summed E-state index contributed by atoms with van der Waals surface area (Å²) < 4.78 is 41.1. The summed E-state index contributed by atoms with van der Waals surface area (Å²) in [5, 5.41) is 0. The minimum atomic E-state index is -4.73. The van der Waals surface area contributed by atoms with E-state index in [0.717, 1.165) is 46.3 Å². The van der Waals surface area contributed by atoms with Gasteiger partial charge in [-0.05, 0) is 72.1 Å². The molecule has 4 nitrogen and oxygen atoms in total. The molecule has 0 radical (unpaired) electrons. The smallest absolute Gasteiger partial charge is 0.406 e. The molecular weight excluding hydrogens is 441 g/mol. The van der Waals surface area contributed by atoms with Gasteiger partial charge in [0.2, 0.25) is 0 Å². The van der Waals surface area contributed by atoms with Crippen molar-refractivity contribution in [2.24, 2.45) is 0 Å². The number of benzene rings is 3. The molecule has 0 fully saturated rings. The zero-order valence-electron chi connectivity index (χ0n) is 19.4. The number of hydrogen-bond acceptors (Lipinski definition) is 3. The van der Waals surface area contributed by atoms with Gasteiger partial charge in [-0.2, -0.15) is 0 Å². The first kappa shape index (κ1) is 23.8. The molecule has 0 aromatic heterocycles. The largest absolute Gasteiger partial charge is 0.573 e. The van der Waals surface area contributed by atoms with E-state index in [4.69, 9.17) is 0 Å². The second-order valence-electron chi connectivity index (χ2n) is 8.81. The summed E-state index contributed by atoms with van der Waals surface area (Å²) in [6.07, 6.45) is -3.99. The van der Waals surface area contributed by atoms with E-state index in [-0.39, 0.29) is 11.7 Å². The van der Waals surface area contributed by atoms with Crippen molar-refractivity contribution in [2.45, 2.75) is 39.3 Å². The SMILES string of the molecule is CCc1cc(-c2ccc(CN(C)C)cc2)cc2c1C(=O)N(Cc1ccc(OC(F)(F)F)cc1)C2. The molecule has 0 unspecified atom stereocenters. The first-order valence-electron chi connectivity index (χ1n) is 11.2. The Bertz CT molecular complexity index is 1170. The molecule has 0 saturated heterocycles. The van der Waals surface area contributed by atoms with E-state index in [0.29, 0.717) is 13.1 Å². The van der Waals surface area contributed by atoms with Gasteiger partial charge in [-0.15, -0.1) is 13.2 Å². The molecule has 1 aliphatic rings. The first-order valence-corrected chi connectivity index (χ1v) is 11.2. The third kappa shape index (κ3) is 5.42. The molecule has 0 bridgehead atoms. The van der Waals surface area contributed by atoms with Crippen LogP contribution in [0, 0.1) is 0 Å². The normalized spacial score (nSPS) is 13.5. The van der Waals surface area contributed by atoms with Gasteiger partial charge in [0, 0.05) is 25.2 Å². The van der Waals surface area contributed by atoms with E-state index in [9.17, 15) is 18.0 Å². The Hall–Kier alpha value is -3.32. The van der Waals surface area contributed by atoms with Crippen LogP contribution in [0.1, 0.15) is 39.5 Å². The minimum absolute atomic E-state index is 0.0460. The average molecular weight is 469 g/mol. The van der Waals surface area contributed by atoms with E-state index in [2.05, 4.69) is 46.0 Å². The number of amides is 1. The fourth-order valence-corrected chi connectivity index (χ4v) is 4.36. The Balaban J connectivity index is 1.54. The molecule has 1 amide bonds. The Labute approximate surface area is 197 Å². The van der Waals surface area contributed by atoms with Crippen molar-refractivity contribution in [3.63, 3.8) is 0 Å². The summed E-state index contributed by atoms with van der Waals surface area (Å²) in [6.45, 7) is 3.69. The van der Waals surface area contributed by atoms with E-state index in [1.807, 2.05) is 21.0 Å². The Morgan fingerprint density at radius 1 is 0.941 bits per heavy atom. The predicted octanol–water partition coefficient (Wildman–Crippen LogP) is 6.03. The quantitative estimate of drug-likeness (QED) is 0.424. The summed E-state index contributed by atoms with van der Waals surface area (Å²) >= 11 is 0. The van der Waals surface area contributed by atoms with E-state index < -0.39 is 6.36 Å². The maximum atomic E-state index is 13.2. The zero-order chi connectivity index (χ0) is 24.5. The van der Waals surface area contributed by atoms with Crippen LogP contribution in [0.3, 0.4) is 0 Å². The van der Waals surface area contributed by atoms with Gasteiger partial charge in [0.15, 0.2) is 0 Å². The third-order valence-corrected chi connectivity index (χ3v) is 5.86. The highest BCUT2D eigenvalue weighted by Gasteiger charge is 2.32. The molecule has 0 saturated carbocycles. The van der Waals surface area contributed by atoms with Crippen LogP contribution in [0.2, 0.25) is 0 Å². The molecule has 7 heteroatoms. The van der Waals surface area contributed by atoms with Gasteiger partial charge in [-0.1, -0.05) is 49.4 Å². The van der Waals surface area contributed by atoms with Gasteiger partial charge in [-0.25, -0.2) is 0 Å². The number of rotatable bonds is 7. The summed E-state index contributed by atoms with van der Waals surface area (Å²) in [4.78, 5) is 17.0. The number of alkyl halides is 3. The lowest BCUT2D eigenvalue weighted by atomic mass is 9.94. The van der Waals surface area contributed by atoms with Crippen molar-refractivity contribution >= 4 is 5.91 Å². The average Bonchev–Trinajstić information content (AvgIpc) is 3.09. The van der Waals surface area contributed by atoms with Crippen molar-refractivity contribution in [1.29, 1.82) is 0 Å². The maximum absolute atomic E-state index is 13.2. The summed E-state index contributed by atoms with van der Waals surface area (Å²) in [6, 6.07) is 18.3. The molecule has 0 aliphatic carbocycles. The second-order valence-corrected chi connectivity index (χ2v) is 8.81. The maximum Gasteiger partial charge on any atom is 0.573 e. The Morgan fingerprint density at radius 3 is 2.18 bits per heavy atom. The van der Waals surface area contributed by atoms with Crippen LogP contribution in [0.4, 0.5) is 13.2 Å².